The van der Waals surface area contributed by atoms with Crippen LogP contribution >= 0.6 is 11.6 Å². The summed E-state index contributed by atoms with van der Waals surface area (Å²) in [7, 11) is 0. The largest absolute Gasteiger partial charge is 0.418 e. The summed E-state index contributed by atoms with van der Waals surface area (Å²) in [4.78, 5) is 39.2. The number of hydrogen-bond donors (Lipinski definition) is 2. The van der Waals surface area contributed by atoms with Crippen LogP contribution in [0.2, 0.25) is 5.02 Å². The van der Waals surface area contributed by atoms with Gasteiger partial charge in [0.15, 0.2) is 0 Å². The Bertz CT molecular complexity index is 1100. The van der Waals surface area contributed by atoms with Crippen molar-refractivity contribution in [1.82, 2.24) is 4.90 Å². The second kappa shape index (κ2) is 8.46. The Balaban J connectivity index is 1.51. The van der Waals surface area contributed by atoms with Crippen LogP contribution in [0, 0.1) is 0 Å². The van der Waals surface area contributed by atoms with Gasteiger partial charge in [0.25, 0.3) is 11.8 Å². The van der Waals surface area contributed by atoms with Gasteiger partial charge in [-0.3, -0.25) is 14.5 Å². The molecule has 10 heteroatoms. The summed E-state index contributed by atoms with van der Waals surface area (Å²) in [6.07, 6.45) is -0.197. The van der Waals surface area contributed by atoms with E-state index in [0.717, 1.165) is 44.2 Å². The van der Waals surface area contributed by atoms with E-state index in [1.54, 1.807) is 0 Å². The highest BCUT2D eigenvalue weighted by molar-refractivity contribution is 6.30. The van der Waals surface area contributed by atoms with E-state index in [1.165, 1.54) is 29.2 Å². The molecule has 0 radical (unpaired) electrons. The van der Waals surface area contributed by atoms with Gasteiger partial charge in [-0.25, -0.2) is 4.79 Å². The predicted molar refractivity (Wildman–Crippen MR) is 113 cm³/mol. The Kier molecular flexibility index (Phi) is 5.85. The number of carbonyl (C=O) groups excluding carboxylic acids is 3. The molecule has 1 aliphatic carbocycles. The van der Waals surface area contributed by atoms with Crippen LogP contribution in [0.5, 0.6) is 0 Å². The molecule has 1 saturated carbocycles. The fourth-order valence-electron chi connectivity index (χ4n) is 4.15. The standard InChI is InChI=1S/C22H19ClF3N3O3/c23-12-6-9-18(17(10-12)22(24,25)26)28-21(32)27-13-7-8-15-16(11-13)20(31)29(19(15)30)14-4-2-1-3-5-14/h6-11,14H,1-5H2,(H2,27,28,32). The van der Waals surface area contributed by atoms with Crippen molar-refractivity contribution >= 4 is 40.8 Å². The Morgan fingerprint density at radius 2 is 1.62 bits per heavy atom. The van der Waals surface area contributed by atoms with Gasteiger partial charge in [-0.2, -0.15) is 13.2 Å². The van der Waals surface area contributed by atoms with Crippen LogP contribution in [0.1, 0.15) is 58.4 Å². The third-order valence-electron chi connectivity index (χ3n) is 5.65. The molecule has 0 spiro atoms. The van der Waals surface area contributed by atoms with Gasteiger partial charge in [-0.05, 0) is 49.2 Å². The molecule has 168 valence electrons. The minimum atomic E-state index is -4.71. The molecule has 0 atom stereocenters. The van der Waals surface area contributed by atoms with Gasteiger partial charge in [-0.1, -0.05) is 30.9 Å². The van der Waals surface area contributed by atoms with Crippen LogP contribution in [-0.2, 0) is 6.18 Å². The van der Waals surface area contributed by atoms with E-state index < -0.39 is 29.4 Å². The maximum absolute atomic E-state index is 13.2. The van der Waals surface area contributed by atoms with E-state index in [2.05, 4.69) is 10.6 Å². The maximum atomic E-state index is 13.2. The van der Waals surface area contributed by atoms with Crippen LogP contribution in [-0.4, -0.2) is 28.8 Å². The number of urea groups is 1. The molecule has 0 bridgehead atoms. The second-order valence-corrected chi connectivity index (χ2v) is 8.24. The molecule has 2 aromatic rings. The van der Waals surface area contributed by atoms with Crippen LogP contribution in [0.4, 0.5) is 29.3 Å². The molecule has 0 unspecified atom stereocenters. The number of halogens is 4. The topological polar surface area (TPSA) is 78.5 Å². The highest BCUT2D eigenvalue weighted by Gasteiger charge is 2.40. The van der Waals surface area contributed by atoms with Gasteiger partial charge < -0.3 is 10.6 Å². The Hall–Kier alpha value is -3.07. The van der Waals surface area contributed by atoms with Crippen LogP contribution in [0.15, 0.2) is 36.4 Å². The molecular weight excluding hydrogens is 447 g/mol. The van der Waals surface area contributed by atoms with Crippen molar-refractivity contribution in [1.29, 1.82) is 0 Å². The van der Waals surface area contributed by atoms with Gasteiger partial charge in [0.1, 0.15) is 0 Å². The quantitative estimate of drug-likeness (QED) is 0.551. The van der Waals surface area contributed by atoms with Crippen molar-refractivity contribution in [2.45, 2.75) is 44.3 Å². The Labute approximate surface area is 186 Å². The molecule has 6 nitrogen and oxygen atoms in total. The molecule has 1 heterocycles. The number of nitrogens with zero attached hydrogens (tertiary/aromatic N) is 1. The predicted octanol–water partition coefficient (Wildman–Crippen LogP) is 5.93. The van der Waals surface area contributed by atoms with Gasteiger partial charge >= 0.3 is 12.2 Å². The van der Waals surface area contributed by atoms with Gasteiger partial charge in [-0.15, -0.1) is 0 Å². The van der Waals surface area contributed by atoms with E-state index in [-0.39, 0.29) is 33.8 Å². The Morgan fingerprint density at radius 3 is 2.31 bits per heavy atom. The normalized spacial score (nSPS) is 16.8. The molecule has 1 aliphatic heterocycles. The molecular formula is C22H19ClF3N3O3. The highest BCUT2D eigenvalue weighted by Crippen LogP contribution is 2.37. The molecule has 0 aromatic heterocycles. The van der Waals surface area contributed by atoms with Crippen molar-refractivity contribution in [2.75, 3.05) is 10.6 Å². The summed E-state index contributed by atoms with van der Waals surface area (Å²) in [5.74, 6) is -0.776. The molecule has 32 heavy (non-hydrogen) atoms. The van der Waals surface area contributed by atoms with Crippen LogP contribution in [0.25, 0.3) is 0 Å². The molecule has 0 saturated heterocycles. The van der Waals surface area contributed by atoms with Crippen LogP contribution < -0.4 is 10.6 Å². The van der Waals surface area contributed by atoms with Gasteiger partial charge in [0, 0.05) is 16.8 Å². The average Bonchev–Trinajstić information content (AvgIpc) is 2.99. The number of alkyl halides is 3. The van der Waals surface area contributed by atoms with Gasteiger partial charge in [0.2, 0.25) is 0 Å². The summed E-state index contributed by atoms with van der Waals surface area (Å²) in [5, 5.41) is 4.44. The summed E-state index contributed by atoms with van der Waals surface area (Å²) in [6, 6.07) is 6.17. The zero-order chi connectivity index (χ0) is 23.0. The van der Waals surface area contributed by atoms with Gasteiger partial charge in [0.05, 0.1) is 22.4 Å². The number of benzene rings is 2. The third kappa shape index (κ3) is 4.29. The first-order chi connectivity index (χ1) is 15.1. The fraction of sp³-hybridized carbons (Fsp3) is 0.318. The van der Waals surface area contributed by atoms with Crippen molar-refractivity contribution in [3.8, 4) is 0 Å². The van der Waals surface area contributed by atoms with E-state index in [0.29, 0.717) is 0 Å². The lowest BCUT2D eigenvalue weighted by molar-refractivity contribution is -0.136. The molecule has 4 rings (SSSR count). The zero-order valence-corrected chi connectivity index (χ0v) is 17.5. The number of anilines is 2. The minimum Gasteiger partial charge on any atom is -0.308 e. The maximum Gasteiger partial charge on any atom is 0.418 e. The Morgan fingerprint density at radius 1 is 0.938 bits per heavy atom. The summed E-state index contributed by atoms with van der Waals surface area (Å²) in [5.41, 5.74) is -0.951. The number of carbonyl (C=O) groups is 3. The number of amides is 4. The summed E-state index contributed by atoms with van der Waals surface area (Å²) < 4.78 is 39.7. The van der Waals surface area contributed by atoms with E-state index in [1.807, 2.05) is 0 Å². The van der Waals surface area contributed by atoms with E-state index in [4.69, 9.17) is 11.6 Å². The number of fused-ring (bicyclic) bond motifs is 1. The second-order valence-electron chi connectivity index (χ2n) is 7.80. The number of nitrogens with one attached hydrogen (secondary N) is 2. The smallest absolute Gasteiger partial charge is 0.308 e. The van der Waals surface area contributed by atoms with Crippen LogP contribution in [0.3, 0.4) is 0 Å². The summed E-state index contributed by atoms with van der Waals surface area (Å²) in [6.45, 7) is 0. The first kappa shape index (κ1) is 22.1. The number of imide groups is 1. The highest BCUT2D eigenvalue weighted by atomic mass is 35.5. The molecule has 2 aliphatic rings. The van der Waals surface area contributed by atoms with Crippen molar-refractivity contribution in [2.24, 2.45) is 0 Å². The van der Waals surface area contributed by atoms with Crippen molar-refractivity contribution in [3.63, 3.8) is 0 Å². The lowest BCUT2D eigenvalue weighted by Gasteiger charge is -2.29. The molecule has 4 amide bonds. The monoisotopic (exact) mass is 465 g/mol. The first-order valence-corrected chi connectivity index (χ1v) is 10.5. The summed E-state index contributed by atoms with van der Waals surface area (Å²) >= 11 is 5.64. The first-order valence-electron chi connectivity index (χ1n) is 10.1. The minimum absolute atomic E-state index is 0.118. The van der Waals surface area contributed by atoms with E-state index in [9.17, 15) is 27.6 Å². The average molecular weight is 466 g/mol. The molecule has 2 N–H and O–H groups in total. The molecule has 2 aromatic carbocycles. The van der Waals surface area contributed by atoms with Crippen molar-refractivity contribution < 1.29 is 27.6 Å². The third-order valence-corrected chi connectivity index (χ3v) is 5.89. The zero-order valence-electron chi connectivity index (χ0n) is 16.8. The number of rotatable bonds is 3. The number of hydrogen-bond acceptors (Lipinski definition) is 3. The lowest BCUT2D eigenvalue weighted by Crippen LogP contribution is -2.40. The lowest BCUT2D eigenvalue weighted by atomic mass is 9.94. The van der Waals surface area contributed by atoms with E-state index >= 15 is 0 Å². The SMILES string of the molecule is O=C(Nc1ccc2c(c1)C(=O)N(C1CCCCC1)C2=O)Nc1ccc(Cl)cc1C(F)(F)F. The van der Waals surface area contributed by atoms with Crippen molar-refractivity contribution in [3.05, 3.63) is 58.1 Å². The fourth-order valence-corrected chi connectivity index (χ4v) is 4.32. The molecule has 1 fully saturated rings.